The molecule has 0 aliphatic rings. The van der Waals surface area contributed by atoms with Gasteiger partial charge < -0.3 is 5.11 Å². The molecule has 0 spiro atoms. The number of nitrogens with one attached hydrogen (secondary N) is 1. The van der Waals surface area contributed by atoms with Crippen LogP contribution >= 0.6 is 15.9 Å². The van der Waals surface area contributed by atoms with Gasteiger partial charge in [-0.05, 0) is 58.2 Å². The highest BCUT2D eigenvalue weighted by Gasteiger charge is 2.20. The smallest absolute Gasteiger partial charge is 0.264 e. The summed E-state index contributed by atoms with van der Waals surface area (Å²) in [5, 5.41) is 9.04. The van der Waals surface area contributed by atoms with Gasteiger partial charge in [0.05, 0.1) is 12.3 Å². The van der Waals surface area contributed by atoms with Crippen molar-refractivity contribution < 1.29 is 17.9 Å². The van der Waals surface area contributed by atoms with Crippen LogP contribution in [0.3, 0.4) is 0 Å². The van der Waals surface area contributed by atoms with Gasteiger partial charge in [-0.3, -0.25) is 4.72 Å². The monoisotopic (exact) mass is 373 g/mol. The molecule has 0 bridgehead atoms. The van der Waals surface area contributed by atoms with Crippen LogP contribution in [0.5, 0.6) is 0 Å². The minimum Gasteiger partial charge on any atom is -0.392 e. The molecule has 0 aliphatic carbocycles. The standard InChI is InChI=1S/C14H13BrFNO3S/c1-9-2-4-11(15)13(6-9)17-21(19,20)14-7-10(8-18)3-5-12(14)16/h2-7,17-18H,8H2,1H3. The van der Waals surface area contributed by atoms with Crippen molar-refractivity contribution in [2.24, 2.45) is 0 Å². The minimum absolute atomic E-state index is 0.320. The maximum absolute atomic E-state index is 13.8. The summed E-state index contributed by atoms with van der Waals surface area (Å²) in [6.45, 7) is 1.45. The molecule has 0 saturated carbocycles. The number of aryl methyl sites for hydroxylation is 1. The molecule has 2 N–H and O–H groups in total. The van der Waals surface area contributed by atoms with Gasteiger partial charge in [-0.2, -0.15) is 0 Å². The predicted octanol–water partition coefficient (Wildman–Crippen LogP) is 3.19. The molecule has 0 fully saturated rings. The first-order valence-electron chi connectivity index (χ1n) is 6.02. The van der Waals surface area contributed by atoms with Gasteiger partial charge in [0.2, 0.25) is 0 Å². The molecule has 2 rings (SSSR count). The number of hydrogen-bond donors (Lipinski definition) is 2. The second-order valence-corrected chi connectivity index (χ2v) is 7.02. The summed E-state index contributed by atoms with van der Waals surface area (Å²) >= 11 is 3.24. The Bertz CT molecular complexity index is 778. The Labute approximate surface area is 130 Å². The summed E-state index contributed by atoms with van der Waals surface area (Å²) in [6.07, 6.45) is 0. The molecule has 0 atom stereocenters. The average Bonchev–Trinajstić information content (AvgIpc) is 2.43. The molecule has 2 aromatic carbocycles. The molecule has 0 saturated heterocycles. The molecule has 112 valence electrons. The van der Waals surface area contributed by atoms with Crippen molar-refractivity contribution in [1.82, 2.24) is 0 Å². The van der Waals surface area contributed by atoms with Gasteiger partial charge >= 0.3 is 0 Å². The van der Waals surface area contributed by atoms with Crippen LogP contribution in [0.15, 0.2) is 45.8 Å². The largest absolute Gasteiger partial charge is 0.392 e. The molecule has 0 unspecified atom stereocenters. The Morgan fingerprint density at radius 2 is 1.95 bits per heavy atom. The quantitative estimate of drug-likeness (QED) is 0.864. The highest BCUT2D eigenvalue weighted by Crippen LogP contribution is 2.27. The Hall–Kier alpha value is -1.44. The van der Waals surface area contributed by atoms with E-state index in [2.05, 4.69) is 20.7 Å². The van der Waals surface area contributed by atoms with E-state index >= 15 is 0 Å². The molecule has 0 aliphatic heterocycles. The first-order chi connectivity index (χ1) is 9.83. The van der Waals surface area contributed by atoms with E-state index in [1.165, 1.54) is 6.07 Å². The van der Waals surface area contributed by atoms with Gasteiger partial charge in [0, 0.05) is 4.47 Å². The number of aliphatic hydroxyl groups is 1. The van der Waals surface area contributed by atoms with Gasteiger partial charge in [-0.15, -0.1) is 0 Å². The van der Waals surface area contributed by atoms with E-state index in [4.69, 9.17) is 5.11 Å². The Morgan fingerprint density at radius 1 is 1.24 bits per heavy atom. The van der Waals surface area contributed by atoms with Crippen LogP contribution in [0.25, 0.3) is 0 Å². The molecular formula is C14H13BrFNO3S. The highest BCUT2D eigenvalue weighted by atomic mass is 79.9. The van der Waals surface area contributed by atoms with Gasteiger partial charge in [0.15, 0.2) is 0 Å². The van der Waals surface area contributed by atoms with Crippen molar-refractivity contribution in [3.63, 3.8) is 0 Å². The summed E-state index contributed by atoms with van der Waals surface area (Å²) < 4.78 is 41.3. The summed E-state index contributed by atoms with van der Waals surface area (Å²) in [5.41, 5.74) is 1.50. The number of rotatable bonds is 4. The van der Waals surface area contributed by atoms with Crippen LogP contribution in [0.2, 0.25) is 0 Å². The van der Waals surface area contributed by atoms with Crippen molar-refractivity contribution >= 4 is 31.6 Å². The fourth-order valence-electron chi connectivity index (χ4n) is 1.77. The van der Waals surface area contributed by atoms with Crippen LogP contribution in [-0.4, -0.2) is 13.5 Å². The van der Waals surface area contributed by atoms with Gasteiger partial charge in [0.25, 0.3) is 10.0 Å². The number of anilines is 1. The number of hydrogen-bond acceptors (Lipinski definition) is 3. The summed E-state index contributed by atoms with van der Waals surface area (Å²) in [4.78, 5) is -0.498. The molecule has 0 aromatic heterocycles. The molecule has 2 aromatic rings. The van der Waals surface area contributed by atoms with Crippen molar-refractivity contribution in [3.8, 4) is 0 Å². The number of sulfonamides is 1. The lowest BCUT2D eigenvalue weighted by Crippen LogP contribution is -2.15. The van der Waals surface area contributed by atoms with Crippen molar-refractivity contribution in [2.75, 3.05) is 4.72 Å². The van der Waals surface area contributed by atoms with E-state index in [1.54, 1.807) is 12.1 Å². The van der Waals surface area contributed by atoms with Crippen molar-refractivity contribution in [3.05, 3.63) is 57.8 Å². The van der Waals surface area contributed by atoms with E-state index in [1.807, 2.05) is 13.0 Å². The zero-order valence-corrected chi connectivity index (χ0v) is 13.5. The third-order valence-corrected chi connectivity index (χ3v) is 4.91. The third-order valence-electron chi connectivity index (χ3n) is 2.83. The molecular weight excluding hydrogens is 361 g/mol. The normalized spacial score (nSPS) is 11.4. The summed E-state index contributed by atoms with van der Waals surface area (Å²) in [7, 11) is -4.08. The lowest BCUT2D eigenvalue weighted by molar-refractivity contribution is 0.281. The van der Waals surface area contributed by atoms with Crippen LogP contribution < -0.4 is 4.72 Å². The molecule has 0 amide bonds. The second kappa shape index (κ2) is 6.13. The maximum Gasteiger partial charge on any atom is 0.264 e. The van der Waals surface area contributed by atoms with Crippen LogP contribution in [0, 0.1) is 12.7 Å². The Balaban J connectivity index is 2.45. The Morgan fingerprint density at radius 3 is 2.62 bits per heavy atom. The molecule has 0 heterocycles. The lowest BCUT2D eigenvalue weighted by Gasteiger charge is -2.12. The van der Waals surface area contributed by atoms with Crippen LogP contribution in [-0.2, 0) is 16.6 Å². The van der Waals surface area contributed by atoms with E-state index < -0.39 is 20.7 Å². The number of halogens is 2. The zero-order chi connectivity index (χ0) is 15.6. The maximum atomic E-state index is 13.8. The number of benzene rings is 2. The van der Waals surface area contributed by atoms with Crippen LogP contribution in [0.1, 0.15) is 11.1 Å². The summed E-state index contributed by atoms with van der Waals surface area (Å²) in [5.74, 6) is -0.872. The second-order valence-electron chi connectivity index (χ2n) is 4.51. The molecule has 21 heavy (non-hydrogen) atoms. The van der Waals surface area contributed by atoms with E-state index in [-0.39, 0.29) is 6.61 Å². The molecule has 4 nitrogen and oxygen atoms in total. The summed E-state index contributed by atoms with van der Waals surface area (Å²) in [6, 6.07) is 8.61. The molecule has 0 radical (unpaired) electrons. The van der Waals surface area contributed by atoms with E-state index in [9.17, 15) is 12.8 Å². The van der Waals surface area contributed by atoms with E-state index in [0.29, 0.717) is 15.7 Å². The third kappa shape index (κ3) is 3.61. The van der Waals surface area contributed by atoms with Gasteiger partial charge in [-0.25, -0.2) is 12.8 Å². The number of aliphatic hydroxyl groups excluding tert-OH is 1. The Kier molecular flexibility index (Phi) is 4.65. The fourth-order valence-corrected chi connectivity index (χ4v) is 3.45. The van der Waals surface area contributed by atoms with Gasteiger partial charge in [0.1, 0.15) is 10.7 Å². The molecule has 7 heteroatoms. The van der Waals surface area contributed by atoms with Gasteiger partial charge in [-0.1, -0.05) is 12.1 Å². The highest BCUT2D eigenvalue weighted by molar-refractivity contribution is 9.10. The first kappa shape index (κ1) is 15.9. The first-order valence-corrected chi connectivity index (χ1v) is 8.29. The van der Waals surface area contributed by atoms with Crippen molar-refractivity contribution in [2.45, 2.75) is 18.4 Å². The van der Waals surface area contributed by atoms with Crippen LogP contribution in [0.4, 0.5) is 10.1 Å². The fraction of sp³-hybridized carbons (Fsp3) is 0.143. The van der Waals surface area contributed by atoms with Crippen molar-refractivity contribution in [1.29, 1.82) is 0 Å². The average molecular weight is 374 g/mol. The topological polar surface area (TPSA) is 66.4 Å². The van der Waals surface area contributed by atoms with E-state index in [0.717, 1.165) is 17.7 Å². The minimum atomic E-state index is -4.08. The zero-order valence-electron chi connectivity index (χ0n) is 11.1. The predicted molar refractivity (Wildman–Crippen MR) is 82.0 cm³/mol. The SMILES string of the molecule is Cc1ccc(Br)c(NS(=O)(=O)c2cc(CO)ccc2F)c1. The lowest BCUT2D eigenvalue weighted by atomic mass is 10.2.